The monoisotopic (exact) mass is 233 g/mol. The Morgan fingerprint density at radius 3 is 2.58 bits per heavy atom. The molecule has 1 aliphatic rings. The van der Waals surface area contributed by atoms with Crippen LogP contribution in [0.15, 0.2) is 11.1 Å². The Morgan fingerprint density at radius 1 is 1.50 bits per heavy atom. The molecule has 0 radical (unpaired) electrons. The van der Waals surface area contributed by atoms with Gasteiger partial charge in [-0.15, -0.1) is 0 Å². The van der Waals surface area contributed by atoms with Gasteiger partial charge in [-0.05, 0) is 12.8 Å². The van der Waals surface area contributed by atoms with Crippen molar-refractivity contribution in [3.63, 3.8) is 0 Å². The van der Waals surface area contributed by atoms with Crippen molar-refractivity contribution < 1.29 is 5.11 Å². The van der Waals surface area contributed by atoms with E-state index in [4.69, 9.17) is 0 Å². The Bertz CT molecular complexity index is 164. The molecule has 0 aromatic carbocycles. The van der Waals surface area contributed by atoms with Gasteiger partial charge in [0.2, 0.25) is 0 Å². The van der Waals surface area contributed by atoms with Crippen molar-refractivity contribution >= 4 is 15.9 Å². The summed E-state index contributed by atoms with van der Waals surface area (Å²) in [5, 5.41) is 13.1. The molecule has 0 heterocycles. The van der Waals surface area contributed by atoms with Crippen LogP contribution in [0.5, 0.6) is 0 Å². The Labute approximate surface area is 82.2 Å². The molecule has 0 aliphatic heterocycles. The van der Waals surface area contributed by atoms with Gasteiger partial charge in [-0.1, -0.05) is 35.4 Å². The van der Waals surface area contributed by atoms with Gasteiger partial charge in [-0.25, -0.2) is 0 Å². The molecule has 1 saturated carbocycles. The maximum Gasteiger partial charge on any atom is 0.0771 e. The lowest BCUT2D eigenvalue weighted by molar-refractivity contribution is 0.0488. The average molecular weight is 234 g/mol. The van der Waals surface area contributed by atoms with E-state index in [-0.39, 0.29) is 0 Å². The van der Waals surface area contributed by atoms with Crippen molar-refractivity contribution in [1.82, 2.24) is 5.32 Å². The van der Waals surface area contributed by atoms with Gasteiger partial charge in [-0.2, -0.15) is 0 Å². The van der Waals surface area contributed by atoms with Crippen LogP contribution in [0, 0.1) is 0 Å². The average Bonchev–Trinajstić information content (AvgIpc) is 2.35. The van der Waals surface area contributed by atoms with Crippen LogP contribution in [0.2, 0.25) is 0 Å². The highest BCUT2D eigenvalue weighted by Crippen LogP contribution is 2.28. The SMILES string of the molecule is C=C(Br)CNCC1(O)CCCC1. The number of halogens is 1. The predicted octanol–water partition coefficient (Wildman–Crippen LogP) is 1.79. The number of hydrogen-bond donors (Lipinski definition) is 2. The number of aliphatic hydroxyl groups is 1. The molecular weight excluding hydrogens is 218 g/mol. The van der Waals surface area contributed by atoms with Gasteiger partial charge < -0.3 is 10.4 Å². The lowest BCUT2D eigenvalue weighted by Crippen LogP contribution is -2.38. The van der Waals surface area contributed by atoms with Gasteiger partial charge in [0.05, 0.1) is 5.60 Å². The topological polar surface area (TPSA) is 32.3 Å². The van der Waals surface area contributed by atoms with Gasteiger partial charge in [0, 0.05) is 17.6 Å². The van der Waals surface area contributed by atoms with Gasteiger partial charge in [-0.3, -0.25) is 0 Å². The minimum atomic E-state index is -0.442. The summed E-state index contributed by atoms with van der Waals surface area (Å²) in [6, 6.07) is 0. The first-order valence-electron chi connectivity index (χ1n) is 4.39. The van der Waals surface area contributed by atoms with Crippen LogP contribution in [-0.2, 0) is 0 Å². The number of hydrogen-bond acceptors (Lipinski definition) is 2. The van der Waals surface area contributed by atoms with E-state index < -0.39 is 5.60 Å². The first kappa shape index (κ1) is 10.2. The lowest BCUT2D eigenvalue weighted by atomic mass is 10.0. The summed E-state index contributed by atoms with van der Waals surface area (Å²) in [6.07, 6.45) is 4.20. The fourth-order valence-electron chi connectivity index (χ4n) is 1.64. The Hall–Kier alpha value is 0.140. The molecule has 1 aliphatic carbocycles. The van der Waals surface area contributed by atoms with Crippen LogP contribution in [0.3, 0.4) is 0 Å². The molecule has 0 aromatic rings. The van der Waals surface area contributed by atoms with Gasteiger partial charge in [0.1, 0.15) is 0 Å². The van der Waals surface area contributed by atoms with Crippen molar-refractivity contribution in [2.75, 3.05) is 13.1 Å². The maximum atomic E-state index is 9.90. The third kappa shape index (κ3) is 3.25. The zero-order chi connectivity index (χ0) is 9.03. The van der Waals surface area contributed by atoms with Crippen LogP contribution in [0.4, 0.5) is 0 Å². The summed E-state index contributed by atoms with van der Waals surface area (Å²) in [7, 11) is 0. The summed E-state index contributed by atoms with van der Waals surface area (Å²) in [4.78, 5) is 0. The predicted molar refractivity (Wildman–Crippen MR) is 54.4 cm³/mol. The van der Waals surface area contributed by atoms with Crippen molar-refractivity contribution in [2.45, 2.75) is 31.3 Å². The lowest BCUT2D eigenvalue weighted by Gasteiger charge is -2.22. The summed E-state index contributed by atoms with van der Waals surface area (Å²) in [5.74, 6) is 0. The fourth-order valence-corrected chi connectivity index (χ4v) is 1.84. The van der Waals surface area contributed by atoms with E-state index in [0.29, 0.717) is 6.54 Å². The highest BCUT2D eigenvalue weighted by atomic mass is 79.9. The first-order valence-corrected chi connectivity index (χ1v) is 5.18. The molecule has 1 rings (SSSR count). The van der Waals surface area contributed by atoms with Crippen molar-refractivity contribution in [1.29, 1.82) is 0 Å². The fraction of sp³-hybridized carbons (Fsp3) is 0.778. The third-order valence-electron chi connectivity index (χ3n) is 2.31. The smallest absolute Gasteiger partial charge is 0.0771 e. The van der Waals surface area contributed by atoms with Crippen LogP contribution >= 0.6 is 15.9 Å². The van der Waals surface area contributed by atoms with Crippen LogP contribution < -0.4 is 5.32 Å². The highest BCUT2D eigenvalue weighted by molar-refractivity contribution is 9.11. The summed E-state index contributed by atoms with van der Waals surface area (Å²) in [5.41, 5.74) is -0.442. The zero-order valence-electron chi connectivity index (χ0n) is 7.27. The quantitative estimate of drug-likeness (QED) is 0.777. The van der Waals surface area contributed by atoms with Crippen LogP contribution in [0.25, 0.3) is 0 Å². The van der Waals surface area contributed by atoms with Crippen LogP contribution in [-0.4, -0.2) is 23.8 Å². The molecule has 12 heavy (non-hydrogen) atoms. The van der Waals surface area contributed by atoms with E-state index in [0.717, 1.165) is 36.7 Å². The molecule has 2 nitrogen and oxygen atoms in total. The Balaban J connectivity index is 2.17. The minimum absolute atomic E-state index is 0.442. The van der Waals surface area contributed by atoms with Gasteiger partial charge in [0.15, 0.2) is 0 Å². The van der Waals surface area contributed by atoms with E-state index >= 15 is 0 Å². The molecule has 0 spiro atoms. The van der Waals surface area contributed by atoms with E-state index in [1.54, 1.807) is 0 Å². The second kappa shape index (κ2) is 4.40. The number of nitrogens with one attached hydrogen (secondary N) is 1. The Morgan fingerprint density at radius 2 is 2.08 bits per heavy atom. The zero-order valence-corrected chi connectivity index (χ0v) is 8.86. The van der Waals surface area contributed by atoms with E-state index in [1.165, 1.54) is 0 Å². The standard InChI is InChI=1S/C9H16BrNO/c1-8(10)6-11-7-9(12)4-2-3-5-9/h11-12H,1-7H2. The van der Waals surface area contributed by atoms with Gasteiger partial charge in [0.25, 0.3) is 0 Å². The molecule has 0 unspecified atom stereocenters. The van der Waals surface area contributed by atoms with Crippen molar-refractivity contribution in [3.05, 3.63) is 11.1 Å². The third-order valence-corrected chi connectivity index (χ3v) is 2.59. The molecule has 0 saturated heterocycles. The first-order chi connectivity index (χ1) is 5.62. The normalized spacial score (nSPS) is 21.2. The molecular formula is C9H16BrNO. The van der Waals surface area contributed by atoms with E-state index in [2.05, 4.69) is 27.8 Å². The summed E-state index contributed by atoms with van der Waals surface area (Å²) < 4.78 is 0.934. The Kier molecular flexibility index (Phi) is 3.75. The molecule has 1 fully saturated rings. The largest absolute Gasteiger partial charge is 0.389 e. The summed E-state index contributed by atoms with van der Waals surface area (Å²) in [6.45, 7) is 5.14. The summed E-state index contributed by atoms with van der Waals surface area (Å²) >= 11 is 3.26. The molecule has 0 atom stereocenters. The van der Waals surface area contributed by atoms with Crippen molar-refractivity contribution in [2.24, 2.45) is 0 Å². The minimum Gasteiger partial charge on any atom is -0.389 e. The second-order valence-electron chi connectivity index (χ2n) is 3.55. The van der Waals surface area contributed by atoms with Crippen molar-refractivity contribution in [3.8, 4) is 0 Å². The molecule has 0 bridgehead atoms. The van der Waals surface area contributed by atoms with Crippen LogP contribution in [0.1, 0.15) is 25.7 Å². The molecule has 0 aromatic heterocycles. The molecule has 0 amide bonds. The molecule has 70 valence electrons. The molecule has 2 N–H and O–H groups in total. The second-order valence-corrected chi connectivity index (χ2v) is 4.67. The number of rotatable bonds is 4. The highest BCUT2D eigenvalue weighted by Gasteiger charge is 2.30. The molecule has 3 heteroatoms. The van der Waals surface area contributed by atoms with E-state index in [1.807, 2.05) is 0 Å². The maximum absolute atomic E-state index is 9.90. The van der Waals surface area contributed by atoms with Gasteiger partial charge >= 0.3 is 0 Å². The van der Waals surface area contributed by atoms with E-state index in [9.17, 15) is 5.11 Å².